The normalized spacial score (nSPS) is 30.7. The molecule has 0 radical (unpaired) electrons. The van der Waals surface area contributed by atoms with Crippen LogP contribution in [0.3, 0.4) is 0 Å². The van der Waals surface area contributed by atoms with Crippen molar-refractivity contribution in [2.75, 3.05) is 39.3 Å². The predicted octanol–water partition coefficient (Wildman–Crippen LogP) is 1.52. The molecule has 3 atom stereocenters. The minimum atomic E-state index is 0.654. The van der Waals surface area contributed by atoms with Crippen molar-refractivity contribution in [3.63, 3.8) is 0 Å². The van der Waals surface area contributed by atoms with Gasteiger partial charge < -0.3 is 10.6 Å². The second-order valence-electron chi connectivity index (χ2n) is 7.37. The van der Waals surface area contributed by atoms with E-state index in [1.54, 1.807) is 0 Å². The van der Waals surface area contributed by atoms with Crippen LogP contribution in [0.5, 0.6) is 0 Å². The summed E-state index contributed by atoms with van der Waals surface area (Å²) in [6, 6.07) is 2.78. The van der Waals surface area contributed by atoms with Gasteiger partial charge in [0.2, 0.25) is 0 Å². The monoisotopic (exact) mass is 296 g/mol. The van der Waals surface area contributed by atoms with Crippen LogP contribution < -0.4 is 10.6 Å². The van der Waals surface area contributed by atoms with Crippen molar-refractivity contribution in [3.8, 4) is 0 Å². The zero-order valence-electron chi connectivity index (χ0n) is 14.6. The Bertz CT molecular complexity index is 293. The van der Waals surface area contributed by atoms with E-state index in [1.807, 2.05) is 0 Å². The van der Waals surface area contributed by atoms with Gasteiger partial charge in [0.05, 0.1) is 0 Å². The zero-order valence-corrected chi connectivity index (χ0v) is 14.6. The number of nitrogens with zero attached hydrogens (tertiary/aromatic N) is 2. The first kappa shape index (κ1) is 17.2. The van der Waals surface area contributed by atoms with Crippen LogP contribution in [0.1, 0.15) is 47.0 Å². The molecule has 0 saturated carbocycles. The Hall–Kier alpha value is -0.160. The van der Waals surface area contributed by atoms with Crippen LogP contribution in [0.25, 0.3) is 0 Å². The Morgan fingerprint density at radius 1 is 1.00 bits per heavy atom. The highest BCUT2D eigenvalue weighted by atomic mass is 15.2. The minimum absolute atomic E-state index is 0.654. The summed E-state index contributed by atoms with van der Waals surface area (Å²) in [5, 5.41) is 7.23. The zero-order chi connectivity index (χ0) is 15.2. The lowest BCUT2D eigenvalue weighted by Crippen LogP contribution is -2.53. The van der Waals surface area contributed by atoms with E-state index in [0.29, 0.717) is 18.1 Å². The van der Waals surface area contributed by atoms with Crippen LogP contribution >= 0.6 is 0 Å². The predicted molar refractivity (Wildman–Crippen MR) is 90.9 cm³/mol. The highest BCUT2D eigenvalue weighted by Gasteiger charge is 2.23. The molecule has 2 aliphatic rings. The van der Waals surface area contributed by atoms with Crippen molar-refractivity contribution in [3.05, 3.63) is 0 Å². The van der Waals surface area contributed by atoms with E-state index in [4.69, 9.17) is 0 Å². The Morgan fingerprint density at radius 2 is 1.71 bits per heavy atom. The summed E-state index contributed by atoms with van der Waals surface area (Å²) in [5.41, 5.74) is 0. The number of piperazine rings is 2. The molecule has 124 valence electrons. The Morgan fingerprint density at radius 3 is 2.43 bits per heavy atom. The van der Waals surface area contributed by atoms with Gasteiger partial charge in [0.25, 0.3) is 0 Å². The van der Waals surface area contributed by atoms with Gasteiger partial charge in [-0.15, -0.1) is 0 Å². The van der Waals surface area contributed by atoms with Crippen LogP contribution in [0.4, 0.5) is 0 Å². The third-order valence-electron chi connectivity index (χ3n) is 5.22. The average Bonchev–Trinajstić information content (AvgIpc) is 2.47. The van der Waals surface area contributed by atoms with Gasteiger partial charge in [0.1, 0.15) is 0 Å². The number of rotatable bonds is 6. The van der Waals surface area contributed by atoms with Crippen molar-refractivity contribution >= 4 is 0 Å². The van der Waals surface area contributed by atoms with Crippen LogP contribution in [0.2, 0.25) is 0 Å². The first-order valence-corrected chi connectivity index (χ1v) is 9.01. The summed E-state index contributed by atoms with van der Waals surface area (Å²) in [6.45, 7) is 16.5. The van der Waals surface area contributed by atoms with E-state index >= 15 is 0 Å². The van der Waals surface area contributed by atoms with Crippen LogP contribution in [0, 0.1) is 0 Å². The van der Waals surface area contributed by atoms with E-state index < -0.39 is 0 Å². The van der Waals surface area contributed by atoms with Crippen molar-refractivity contribution < 1.29 is 0 Å². The summed E-state index contributed by atoms with van der Waals surface area (Å²) in [6.07, 6.45) is 4.02. The van der Waals surface area contributed by atoms with Crippen molar-refractivity contribution in [2.45, 2.75) is 71.1 Å². The van der Waals surface area contributed by atoms with Crippen molar-refractivity contribution in [1.82, 2.24) is 20.4 Å². The molecular formula is C17H36N4. The maximum Gasteiger partial charge on any atom is 0.0195 e. The van der Waals surface area contributed by atoms with Gasteiger partial charge in [-0.3, -0.25) is 9.80 Å². The molecule has 2 fully saturated rings. The summed E-state index contributed by atoms with van der Waals surface area (Å²) < 4.78 is 0. The summed E-state index contributed by atoms with van der Waals surface area (Å²) >= 11 is 0. The summed E-state index contributed by atoms with van der Waals surface area (Å²) in [7, 11) is 0. The largest absolute Gasteiger partial charge is 0.312 e. The fourth-order valence-corrected chi connectivity index (χ4v) is 3.72. The first-order chi connectivity index (χ1) is 10.1. The number of nitrogens with one attached hydrogen (secondary N) is 2. The summed E-state index contributed by atoms with van der Waals surface area (Å²) in [5.74, 6) is 0. The van der Waals surface area contributed by atoms with Crippen molar-refractivity contribution in [2.24, 2.45) is 0 Å². The number of hydrogen-bond donors (Lipinski definition) is 2. The molecule has 4 nitrogen and oxygen atoms in total. The fraction of sp³-hybridized carbons (Fsp3) is 1.00. The molecule has 2 unspecified atom stereocenters. The smallest absolute Gasteiger partial charge is 0.0195 e. The maximum atomic E-state index is 3.70. The molecule has 4 heteroatoms. The SMILES string of the molecule is CC1CN([C@H](C)CCCC2CN(C(C)C)CCN2)CCN1. The van der Waals surface area contributed by atoms with Crippen LogP contribution in [-0.4, -0.2) is 73.2 Å². The third-order valence-corrected chi connectivity index (χ3v) is 5.22. The Balaban J connectivity index is 1.64. The first-order valence-electron chi connectivity index (χ1n) is 9.01. The Labute approximate surface area is 131 Å². The van der Waals surface area contributed by atoms with Gasteiger partial charge in [-0.1, -0.05) is 6.42 Å². The lowest BCUT2D eigenvalue weighted by atomic mass is 10.0. The highest BCUT2D eigenvalue weighted by molar-refractivity contribution is 4.82. The van der Waals surface area contributed by atoms with Gasteiger partial charge in [0, 0.05) is 63.4 Å². The van der Waals surface area contributed by atoms with Gasteiger partial charge in [-0.05, 0) is 40.5 Å². The van der Waals surface area contributed by atoms with Gasteiger partial charge in [-0.2, -0.15) is 0 Å². The highest BCUT2D eigenvalue weighted by Crippen LogP contribution is 2.14. The molecule has 2 heterocycles. The van der Waals surface area contributed by atoms with E-state index in [0.717, 1.165) is 19.1 Å². The van der Waals surface area contributed by atoms with E-state index in [9.17, 15) is 0 Å². The molecule has 0 aromatic carbocycles. The second-order valence-corrected chi connectivity index (χ2v) is 7.37. The van der Waals surface area contributed by atoms with E-state index in [-0.39, 0.29) is 0 Å². The van der Waals surface area contributed by atoms with Crippen molar-refractivity contribution in [1.29, 1.82) is 0 Å². The molecule has 0 bridgehead atoms. The minimum Gasteiger partial charge on any atom is -0.312 e. The average molecular weight is 297 g/mol. The molecular weight excluding hydrogens is 260 g/mol. The molecule has 2 saturated heterocycles. The molecule has 2 N–H and O–H groups in total. The molecule has 0 aromatic rings. The summed E-state index contributed by atoms with van der Waals surface area (Å²) in [4.78, 5) is 5.28. The number of hydrogen-bond acceptors (Lipinski definition) is 4. The van der Waals surface area contributed by atoms with Crippen LogP contribution in [-0.2, 0) is 0 Å². The van der Waals surface area contributed by atoms with Gasteiger partial charge in [0.15, 0.2) is 0 Å². The quantitative estimate of drug-likeness (QED) is 0.778. The third kappa shape index (κ3) is 5.51. The van der Waals surface area contributed by atoms with Gasteiger partial charge in [-0.25, -0.2) is 0 Å². The molecule has 0 spiro atoms. The fourth-order valence-electron chi connectivity index (χ4n) is 3.72. The van der Waals surface area contributed by atoms with E-state index in [2.05, 4.69) is 48.1 Å². The molecule has 2 rings (SSSR count). The molecule has 0 aliphatic carbocycles. The Kier molecular flexibility index (Phi) is 6.93. The van der Waals surface area contributed by atoms with E-state index in [1.165, 1.54) is 45.4 Å². The molecule has 0 amide bonds. The topological polar surface area (TPSA) is 30.5 Å². The lowest BCUT2D eigenvalue weighted by Gasteiger charge is -2.38. The maximum absolute atomic E-state index is 3.70. The molecule has 21 heavy (non-hydrogen) atoms. The lowest BCUT2D eigenvalue weighted by molar-refractivity contribution is 0.139. The van der Waals surface area contributed by atoms with Gasteiger partial charge >= 0.3 is 0 Å². The standard InChI is InChI=1S/C17H36N4/c1-14(2)20-10-9-19-17(13-20)7-5-6-16(4)21-11-8-18-15(3)12-21/h14-19H,5-13H2,1-4H3/t15?,16-,17?/m1/s1. The molecule has 0 aromatic heterocycles. The molecule has 2 aliphatic heterocycles. The van der Waals surface area contributed by atoms with Crippen LogP contribution in [0.15, 0.2) is 0 Å². The second kappa shape index (κ2) is 8.47.